The van der Waals surface area contributed by atoms with Crippen LogP contribution in [0.2, 0.25) is 10.0 Å². The Hall–Kier alpha value is -2.69. The third-order valence-electron chi connectivity index (χ3n) is 5.49. The van der Waals surface area contributed by atoms with Crippen molar-refractivity contribution in [1.29, 1.82) is 0 Å². The Bertz CT molecular complexity index is 1010. The lowest BCUT2D eigenvalue weighted by molar-refractivity contribution is -0.133. The van der Waals surface area contributed by atoms with E-state index in [9.17, 15) is 14.4 Å². The molecule has 0 unspecified atom stereocenters. The number of ether oxygens (including phenoxy) is 2. The van der Waals surface area contributed by atoms with Crippen LogP contribution in [0.5, 0.6) is 0 Å². The van der Waals surface area contributed by atoms with Crippen LogP contribution in [-0.4, -0.2) is 77.6 Å². The molecule has 1 aromatic carbocycles. The van der Waals surface area contributed by atoms with Gasteiger partial charge >= 0.3 is 5.97 Å². The highest BCUT2D eigenvalue weighted by molar-refractivity contribution is 6.42. The molecule has 0 radical (unpaired) electrons. The maximum absolute atomic E-state index is 13.6. The molecule has 198 valence electrons. The van der Waals surface area contributed by atoms with Gasteiger partial charge in [-0.1, -0.05) is 48.2 Å². The van der Waals surface area contributed by atoms with Crippen LogP contribution in [0.15, 0.2) is 24.4 Å². The smallest absolute Gasteiger partial charge is 0.360 e. The summed E-state index contributed by atoms with van der Waals surface area (Å²) in [6, 6.07) is 3.68. The van der Waals surface area contributed by atoms with Crippen molar-refractivity contribution in [1.82, 2.24) is 25.2 Å². The average Bonchev–Trinajstić information content (AvgIpc) is 3.35. The number of rotatable bonds is 15. The van der Waals surface area contributed by atoms with Gasteiger partial charge in [-0.2, -0.15) is 0 Å². The zero-order chi connectivity index (χ0) is 26.5. The lowest BCUT2D eigenvalue weighted by atomic mass is 10.1. The van der Waals surface area contributed by atoms with Crippen LogP contribution in [0.4, 0.5) is 0 Å². The van der Waals surface area contributed by atoms with Gasteiger partial charge in [0.15, 0.2) is 5.69 Å². The molecule has 1 heterocycles. The highest BCUT2D eigenvalue weighted by atomic mass is 35.5. The van der Waals surface area contributed by atoms with Crippen molar-refractivity contribution < 1.29 is 23.9 Å². The minimum Gasteiger partial charge on any atom is -0.464 e. The second-order valence-electron chi connectivity index (χ2n) is 8.18. The van der Waals surface area contributed by atoms with E-state index in [4.69, 9.17) is 27.9 Å². The number of carbonyl (C=O) groups excluding carboxylic acids is 3. The SMILES string of the molecule is CCCCCN(CCCOC)C(=O)[C@H](CCn1cc(C(=O)OC)nn1)NC(=O)c1ccc(Cl)c(Cl)c1. The van der Waals surface area contributed by atoms with Crippen molar-refractivity contribution in [2.24, 2.45) is 0 Å². The standard InChI is InChI=1S/C24H33Cl2N5O5/c1-4-5-6-11-30(12-7-14-35-2)23(33)20(10-13-31-16-21(28-29-31)24(34)36-3)27-22(32)17-8-9-18(25)19(26)15-17/h8-9,15-16,20H,4-7,10-14H2,1-3H3,(H,27,32)/t20-/m0/s1. The first kappa shape index (κ1) is 29.5. The molecule has 12 heteroatoms. The van der Waals surface area contributed by atoms with E-state index in [2.05, 4.69) is 27.3 Å². The summed E-state index contributed by atoms with van der Waals surface area (Å²) in [7, 11) is 2.87. The normalized spacial score (nSPS) is 11.7. The molecule has 0 bridgehead atoms. The topological polar surface area (TPSA) is 116 Å². The summed E-state index contributed by atoms with van der Waals surface area (Å²) in [5.41, 5.74) is 0.342. The minimum atomic E-state index is -0.845. The van der Waals surface area contributed by atoms with Crippen LogP contribution in [0.1, 0.15) is 59.9 Å². The molecule has 1 atom stereocenters. The number of benzene rings is 1. The molecule has 2 amide bonds. The second kappa shape index (κ2) is 15.4. The van der Waals surface area contributed by atoms with Crippen LogP contribution < -0.4 is 5.32 Å². The van der Waals surface area contributed by atoms with E-state index in [1.54, 1.807) is 18.1 Å². The van der Waals surface area contributed by atoms with Crippen LogP contribution in [0.25, 0.3) is 0 Å². The van der Waals surface area contributed by atoms with Gasteiger partial charge in [-0.05, 0) is 37.5 Å². The van der Waals surface area contributed by atoms with E-state index in [-0.39, 0.29) is 35.2 Å². The van der Waals surface area contributed by atoms with Gasteiger partial charge in [0.2, 0.25) is 5.91 Å². The number of halogens is 2. The quantitative estimate of drug-likeness (QED) is 0.270. The Morgan fingerprint density at radius 1 is 1.11 bits per heavy atom. The average molecular weight is 542 g/mol. The number of nitrogens with one attached hydrogen (secondary N) is 1. The minimum absolute atomic E-state index is 0.0565. The van der Waals surface area contributed by atoms with Gasteiger partial charge in [0, 0.05) is 38.9 Å². The monoisotopic (exact) mass is 541 g/mol. The summed E-state index contributed by atoms with van der Waals surface area (Å²) < 4.78 is 11.2. The number of aryl methyl sites for hydroxylation is 1. The summed E-state index contributed by atoms with van der Waals surface area (Å²) in [5, 5.41) is 11.1. The number of hydrogen-bond acceptors (Lipinski definition) is 7. The van der Waals surface area contributed by atoms with E-state index in [1.807, 2.05) is 0 Å². The number of hydrogen-bond donors (Lipinski definition) is 1. The molecule has 1 N–H and O–H groups in total. The highest BCUT2D eigenvalue weighted by Gasteiger charge is 2.27. The molecule has 36 heavy (non-hydrogen) atoms. The summed E-state index contributed by atoms with van der Waals surface area (Å²) in [6.07, 6.45) is 5.20. The first-order valence-electron chi connectivity index (χ1n) is 11.8. The van der Waals surface area contributed by atoms with Gasteiger partial charge in [-0.3, -0.25) is 14.3 Å². The number of nitrogens with zero attached hydrogens (tertiary/aromatic N) is 4. The van der Waals surface area contributed by atoms with Crippen molar-refractivity contribution in [2.45, 2.75) is 51.6 Å². The molecule has 2 rings (SSSR count). The molecular formula is C24H33Cl2N5O5. The molecule has 0 saturated carbocycles. The molecule has 0 aliphatic rings. The van der Waals surface area contributed by atoms with Crippen molar-refractivity contribution in [3.63, 3.8) is 0 Å². The van der Waals surface area contributed by atoms with E-state index < -0.39 is 17.9 Å². The fourth-order valence-electron chi connectivity index (χ4n) is 3.51. The molecule has 0 saturated heterocycles. The van der Waals surface area contributed by atoms with E-state index in [1.165, 1.54) is 30.1 Å². The van der Waals surface area contributed by atoms with Crippen LogP contribution in [0, 0.1) is 0 Å². The molecule has 1 aromatic heterocycles. The van der Waals surface area contributed by atoms with Gasteiger partial charge in [0.25, 0.3) is 5.91 Å². The summed E-state index contributed by atoms with van der Waals surface area (Å²) in [4.78, 5) is 40.1. The van der Waals surface area contributed by atoms with Gasteiger partial charge in [-0.15, -0.1) is 5.10 Å². The third-order valence-corrected chi connectivity index (χ3v) is 6.22. The number of carbonyl (C=O) groups is 3. The number of amides is 2. The predicted octanol–water partition coefficient (Wildman–Crippen LogP) is 3.62. The number of unbranched alkanes of at least 4 members (excludes halogenated alkanes) is 2. The van der Waals surface area contributed by atoms with Gasteiger partial charge in [0.1, 0.15) is 6.04 Å². The van der Waals surface area contributed by atoms with Crippen molar-refractivity contribution in [3.8, 4) is 0 Å². The second-order valence-corrected chi connectivity index (χ2v) is 9.00. The Kier molecular flexibility index (Phi) is 12.7. The summed E-state index contributed by atoms with van der Waals surface area (Å²) in [5.74, 6) is -1.27. The fraction of sp³-hybridized carbons (Fsp3) is 0.542. The summed E-state index contributed by atoms with van der Waals surface area (Å²) in [6.45, 7) is 3.94. The van der Waals surface area contributed by atoms with E-state index >= 15 is 0 Å². The van der Waals surface area contributed by atoms with E-state index in [0.29, 0.717) is 31.1 Å². The van der Waals surface area contributed by atoms with Crippen molar-refractivity contribution in [3.05, 3.63) is 45.7 Å². The van der Waals surface area contributed by atoms with Gasteiger partial charge in [-0.25, -0.2) is 4.79 Å². The lowest BCUT2D eigenvalue weighted by Crippen LogP contribution is -2.49. The first-order chi connectivity index (χ1) is 17.3. The fourth-order valence-corrected chi connectivity index (χ4v) is 3.81. The Balaban J connectivity index is 2.22. The van der Waals surface area contributed by atoms with Crippen molar-refractivity contribution in [2.75, 3.05) is 33.9 Å². The summed E-state index contributed by atoms with van der Waals surface area (Å²) >= 11 is 12.0. The maximum atomic E-state index is 13.6. The van der Waals surface area contributed by atoms with Crippen molar-refractivity contribution >= 4 is 41.0 Å². The third kappa shape index (κ3) is 9.07. The zero-order valence-electron chi connectivity index (χ0n) is 20.8. The molecule has 0 fully saturated rings. The molecule has 2 aromatic rings. The number of methoxy groups -OCH3 is 2. The highest BCUT2D eigenvalue weighted by Crippen LogP contribution is 2.22. The molecule has 0 aliphatic heterocycles. The Labute approximate surface area is 221 Å². The largest absolute Gasteiger partial charge is 0.464 e. The van der Waals surface area contributed by atoms with Crippen LogP contribution in [-0.2, 0) is 20.8 Å². The zero-order valence-corrected chi connectivity index (χ0v) is 22.3. The lowest BCUT2D eigenvalue weighted by Gasteiger charge is -2.28. The number of esters is 1. The molecular weight excluding hydrogens is 509 g/mol. The van der Waals surface area contributed by atoms with Crippen LogP contribution in [0.3, 0.4) is 0 Å². The van der Waals surface area contributed by atoms with Crippen LogP contribution >= 0.6 is 23.2 Å². The Morgan fingerprint density at radius 3 is 2.53 bits per heavy atom. The van der Waals surface area contributed by atoms with Gasteiger partial charge < -0.3 is 19.7 Å². The maximum Gasteiger partial charge on any atom is 0.360 e. The van der Waals surface area contributed by atoms with Gasteiger partial charge in [0.05, 0.1) is 23.4 Å². The molecule has 0 aliphatic carbocycles. The van der Waals surface area contributed by atoms with E-state index in [0.717, 1.165) is 19.3 Å². The predicted molar refractivity (Wildman–Crippen MR) is 136 cm³/mol. The Morgan fingerprint density at radius 2 is 1.86 bits per heavy atom. The number of aromatic nitrogens is 3. The molecule has 0 spiro atoms. The molecule has 10 nitrogen and oxygen atoms in total. The first-order valence-corrected chi connectivity index (χ1v) is 12.6.